The molecule has 0 atom stereocenters. The van der Waals surface area contributed by atoms with E-state index in [0.29, 0.717) is 28.9 Å². The van der Waals surface area contributed by atoms with Gasteiger partial charge in [0.25, 0.3) is 5.56 Å². The van der Waals surface area contributed by atoms with Gasteiger partial charge >= 0.3 is 5.69 Å². The first kappa shape index (κ1) is 12.8. The summed E-state index contributed by atoms with van der Waals surface area (Å²) in [6, 6.07) is 0. The molecular weight excluding hydrogens is 300 g/mol. The van der Waals surface area contributed by atoms with Crippen molar-refractivity contribution in [1.82, 2.24) is 14.1 Å². The van der Waals surface area contributed by atoms with E-state index in [1.54, 1.807) is 6.92 Å². The van der Waals surface area contributed by atoms with Crippen molar-refractivity contribution < 1.29 is 0 Å². The molecule has 2 heterocycles. The summed E-state index contributed by atoms with van der Waals surface area (Å²) < 4.78 is 3.16. The molecule has 0 saturated carbocycles. The number of hydrogen-bond donors (Lipinski definition) is 1. The first-order chi connectivity index (χ1) is 8.52. The summed E-state index contributed by atoms with van der Waals surface area (Å²) in [5.74, 6) is 0. The number of aromatic nitrogens is 3. The third-order valence-corrected chi connectivity index (χ3v) is 3.49. The predicted molar refractivity (Wildman–Crippen MR) is 73.7 cm³/mol. The van der Waals surface area contributed by atoms with Crippen LogP contribution >= 0.6 is 15.9 Å². The molecule has 0 aliphatic heterocycles. The van der Waals surface area contributed by atoms with E-state index >= 15 is 0 Å². The minimum atomic E-state index is -0.395. The fourth-order valence-electron chi connectivity index (χ4n) is 1.93. The van der Waals surface area contributed by atoms with Gasteiger partial charge in [-0.2, -0.15) is 0 Å². The molecule has 2 aromatic heterocycles. The van der Waals surface area contributed by atoms with Crippen LogP contribution in [0.2, 0.25) is 0 Å². The molecule has 0 fully saturated rings. The Kier molecular flexibility index (Phi) is 3.25. The number of nitrogen functional groups attached to an aromatic ring is 1. The normalized spacial score (nSPS) is 11.1. The molecule has 18 heavy (non-hydrogen) atoms. The molecule has 2 N–H and O–H groups in total. The lowest BCUT2D eigenvalue weighted by Gasteiger charge is -2.12. The van der Waals surface area contributed by atoms with Crippen LogP contribution in [0.15, 0.2) is 20.3 Å². The first-order valence-corrected chi connectivity index (χ1v) is 6.39. The van der Waals surface area contributed by atoms with Crippen molar-refractivity contribution in [2.75, 3.05) is 5.73 Å². The number of fused-ring (bicyclic) bond motifs is 1. The Labute approximate surface area is 111 Å². The zero-order valence-electron chi connectivity index (χ0n) is 10.1. The van der Waals surface area contributed by atoms with Crippen molar-refractivity contribution in [2.24, 2.45) is 0 Å². The Bertz CT molecular complexity index is 732. The minimum Gasteiger partial charge on any atom is -0.397 e. The molecule has 0 aliphatic carbocycles. The van der Waals surface area contributed by atoms with Gasteiger partial charge in [-0.25, -0.2) is 9.78 Å². The van der Waals surface area contributed by atoms with Gasteiger partial charge in [-0.1, -0.05) is 0 Å². The molecule has 0 unspecified atom stereocenters. The summed E-state index contributed by atoms with van der Waals surface area (Å²) in [6.07, 6.45) is 1.50. The summed E-state index contributed by atoms with van der Waals surface area (Å²) in [4.78, 5) is 28.5. The second-order valence-corrected chi connectivity index (χ2v) is 4.65. The Morgan fingerprint density at radius 3 is 2.44 bits per heavy atom. The molecule has 0 amide bonds. The average Bonchev–Trinajstić information content (AvgIpc) is 2.34. The quantitative estimate of drug-likeness (QED) is 0.894. The first-order valence-electron chi connectivity index (χ1n) is 5.60. The van der Waals surface area contributed by atoms with Crippen LogP contribution in [-0.2, 0) is 13.1 Å². The van der Waals surface area contributed by atoms with E-state index in [-0.39, 0.29) is 11.1 Å². The number of hydrogen-bond acceptors (Lipinski definition) is 4. The standard InChI is InChI=1S/C11H13BrN4O2/c1-3-15-9-7(8(13)6(12)5-14-9)10(17)16(4-2)11(15)18/h5H,3-4H2,1-2H3,(H2,13,14). The van der Waals surface area contributed by atoms with Gasteiger partial charge in [0, 0.05) is 19.3 Å². The molecule has 2 aromatic rings. The maximum absolute atomic E-state index is 12.2. The molecule has 6 nitrogen and oxygen atoms in total. The van der Waals surface area contributed by atoms with Crippen LogP contribution < -0.4 is 17.0 Å². The number of pyridine rings is 1. The van der Waals surface area contributed by atoms with E-state index in [2.05, 4.69) is 20.9 Å². The smallest absolute Gasteiger partial charge is 0.332 e. The van der Waals surface area contributed by atoms with E-state index in [9.17, 15) is 9.59 Å². The minimum absolute atomic E-state index is 0.285. The van der Waals surface area contributed by atoms with Gasteiger partial charge in [0.1, 0.15) is 5.39 Å². The Morgan fingerprint density at radius 1 is 1.28 bits per heavy atom. The second-order valence-electron chi connectivity index (χ2n) is 3.79. The predicted octanol–water partition coefficient (Wildman–Crippen LogP) is 0.943. The third kappa shape index (κ3) is 1.66. The van der Waals surface area contributed by atoms with Crippen LogP contribution in [-0.4, -0.2) is 14.1 Å². The van der Waals surface area contributed by atoms with Crippen molar-refractivity contribution in [1.29, 1.82) is 0 Å². The fraction of sp³-hybridized carbons (Fsp3) is 0.364. The van der Waals surface area contributed by atoms with Crippen molar-refractivity contribution in [2.45, 2.75) is 26.9 Å². The molecule has 0 bridgehead atoms. The number of anilines is 1. The van der Waals surface area contributed by atoms with Crippen molar-refractivity contribution in [3.63, 3.8) is 0 Å². The van der Waals surface area contributed by atoms with Crippen LogP contribution in [0.25, 0.3) is 11.0 Å². The molecule has 7 heteroatoms. The van der Waals surface area contributed by atoms with Gasteiger partial charge in [0.05, 0.1) is 10.2 Å². The lowest BCUT2D eigenvalue weighted by Crippen LogP contribution is -2.40. The Hall–Kier alpha value is -1.63. The largest absolute Gasteiger partial charge is 0.397 e. The zero-order chi connectivity index (χ0) is 13.4. The van der Waals surface area contributed by atoms with E-state index < -0.39 is 5.56 Å². The maximum Gasteiger partial charge on any atom is 0.332 e. The summed E-state index contributed by atoms with van der Waals surface area (Å²) in [5.41, 5.74) is 5.80. The number of aryl methyl sites for hydroxylation is 1. The number of nitrogens with two attached hydrogens (primary N) is 1. The summed E-state index contributed by atoms with van der Waals surface area (Å²) >= 11 is 3.24. The van der Waals surface area contributed by atoms with Crippen molar-refractivity contribution >= 4 is 32.7 Å². The molecule has 0 radical (unpaired) electrons. The van der Waals surface area contributed by atoms with Crippen LogP contribution in [0.5, 0.6) is 0 Å². The highest BCUT2D eigenvalue weighted by atomic mass is 79.9. The lowest BCUT2D eigenvalue weighted by atomic mass is 10.3. The van der Waals surface area contributed by atoms with Crippen LogP contribution in [0.1, 0.15) is 13.8 Å². The van der Waals surface area contributed by atoms with Gasteiger partial charge < -0.3 is 5.73 Å². The molecule has 0 saturated heterocycles. The fourth-order valence-corrected chi connectivity index (χ4v) is 2.23. The third-order valence-electron chi connectivity index (χ3n) is 2.86. The van der Waals surface area contributed by atoms with Gasteiger partial charge in [-0.3, -0.25) is 13.9 Å². The SMILES string of the molecule is CCn1c(=O)c2c(N)c(Br)cnc2n(CC)c1=O. The average molecular weight is 313 g/mol. The highest BCUT2D eigenvalue weighted by molar-refractivity contribution is 9.10. The monoisotopic (exact) mass is 312 g/mol. The van der Waals surface area contributed by atoms with E-state index in [4.69, 9.17) is 5.73 Å². The summed E-state index contributed by atoms with van der Waals surface area (Å²) in [5, 5.41) is 0.285. The van der Waals surface area contributed by atoms with Gasteiger partial charge in [-0.05, 0) is 29.8 Å². The van der Waals surface area contributed by atoms with Gasteiger partial charge in [-0.15, -0.1) is 0 Å². The number of nitrogens with zero attached hydrogens (tertiary/aromatic N) is 3. The highest BCUT2D eigenvalue weighted by Gasteiger charge is 2.16. The zero-order valence-corrected chi connectivity index (χ0v) is 11.7. The van der Waals surface area contributed by atoms with Crippen molar-refractivity contribution in [3.05, 3.63) is 31.5 Å². The Balaban J connectivity index is 3.15. The number of rotatable bonds is 2. The molecule has 96 valence electrons. The maximum atomic E-state index is 12.2. The van der Waals surface area contributed by atoms with Crippen molar-refractivity contribution in [3.8, 4) is 0 Å². The van der Waals surface area contributed by atoms with Crippen LogP contribution in [0.4, 0.5) is 5.69 Å². The molecular formula is C11H13BrN4O2. The van der Waals surface area contributed by atoms with Gasteiger partial charge in [0.15, 0.2) is 5.65 Å². The van der Waals surface area contributed by atoms with E-state index in [1.165, 1.54) is 10.8 Å². The molecule has 0 aliphatic rings. The molecule has 0 aromatic carbocycles. The highest BCUT2D eigenvalue weighted by Crippen LogP contribution is 2.23. The van der Waals surface area contributed by atoms with E-state index in [0.717, 1.165) is 4.57 Å². The second kappa shape index (κ2) is 4.56. The number of halogens is 1. The van der Waals surface area contributed by atoms with Crippen LogP contribution in [0, 0.1) is 0 Å². The Morgan fingerprint density at radius 2 is 1.89 bits per heavy atom. The molecule has 0 spiro atoms. The van der Waals surface area contributed by atoms with E-state index in [1.807, 2.05) is 6.92 Å². The van der Waals surface area contributed by atoms with Crippen LogP contribution in [0.3, 0.4) is 0 Å². The summed E-state index contributed by atoms with van der Waals surface area (Å²) in [6.45, 7) is 4.31. The van der Waals surface area contributed by atoms with Gasteiger partial charge in [0.2, 0.25) is 0 Å². The lowest BCUT2D eigenvalue weighted by molar-refractivity contribution is 0.605. The summed E-state index contributed by atoms with van der Waals surface area (Å²) in [7, 11) is 0. The topological polar surface area (TPSA) is 82.9 Å². The molecule has 2 rings (SSSR count).